The molecule has 1 heterocycles. The average Bonchev–Trinajstić information content (AvgIpc) is 2.90. The minimum absolute atomic E-state index is 0.105. The van der Waals surface area contributed by atoms with Crippen molar-refractivity contribution in [2.45, 2.75) is 5.16 Å². The third-order valence-electron chi connectivity index (χ3n) is 3.38. The predicted molar refractivity (Wildman–Crippen MR) is 91.2 cm³/mol. The van der Waals surface area contributed by atoms with E-state index in [2.05, 4.69) is 10.3 Å². The number of aryl methyl sites for hydroxylation is 1. The largest absolute Gasteiger partial charge is 0.325 e. The lowest BCUT2D eigenvalue weighted by molar-refractivity contribution is -0.113. The zero-order valence-corrected chi connectivity index (χ0v) is 13.3. The third-order valence-corrected chi connectivity index (χ3v) is 4.41. The summed E-state index contributed by atoms with van der Waals surface area (Å²) in [6.45, 7) is 0. The predicted octanol–water partition coefficient (Wildman–Crippen LogP) is 3.18. The van der Waals surface area contributed by atoms with Crippen molar-refractivity contribution in [1.29, 1.82) is 5.26 Å². The SMILES string of the molecule is Cn1c(SCC(=O)Nc2ccc(C#N)cc2)nc2ccccc21. The van der Waals surface area contributed by atoms with E-state index in [0.29, 0.717) is 11.3 Å². The van der Waals surface area contributed by atoms with Gasteiger partial charge in [-0.15, -0.1) is 0 Å². The van der Waals surface area contributed by atoms with Crippen LogP contribution in [-0.4, -0.2) is 21.2 Å². The first-order valence-electron chi connectivity index (χ1n) is 7.01. The second-order valence-electron chi connectivity index (χ2n) is 4.97. The van der Waals surface area contributed by atoms with E-state index in [-0.39, 0.29) is 11.7 Å². The van der Waals surface area contributed by atoms with Gasteiger partial charge in [0.2, 0.25) is 5.91 Å². The van der Waals surface area contributed by atoms with Gasteiger partial charge in [0.25, 0.3) is 0 Å². The Labute approximate surface area is 137 Å². The maximum atomic E-state index is 12.0. The van der Waals surface area contributed by atoms with Gasteiger partial charge < -0.3 is 9.88 Å². The number of nitriles is 1. The van der Waals surface area contributed by atoms with Crippen LogP contribution in [0.3, 0.4) is 0 Å². The maximum Gasteiger partial charge on any atom is 0.234 e. The molecule has 0 fully saturated rings. The van der Waals surface area contributed by atoms with E-state index in [1.165, 1.54) is 11.8 Å². The lowest BCUT2D eigenvalue weighted by Gasteiger charge is -2.05. The number of carbonyl (C=O) groups excluding carboxylic acids is 1. The molecule has 0 saturated heterocycles. The van der Waals surface area contributed by atoms with E-state index in [1.807, 2.05) is 41.9 Å². The molecule has 0 aliphatic heterocycles. The molecule has 1 aromatic heterocycles. The van der Waals surface area contributed by atoms with Crippen LogP contribution >= 0.6 is 11.8 Å². The van der Waals surface area contributed by atoms with Gasteiger partial charge in [-0.25, -0.2) is 4.98 Å². The average molecular weight is 322 g/mol. The van der Waals surface area contributed by atoms with Gasteiger partial charge in [0.15, 0.2) is 5.16 Å². The number of carbonyl (C=O) groups is 1. The number of aromatic nitrogens is 2. The first kappa shape index (κ1) is 15.1. The number of fused-ring (bicyclic) bond motifs is 1. The van der Waals surface area contributed by atoms with Gasteiger partial charge in [-0.05, 0) is 36.4 Å². The summed E-state index contributed by atoms with van der Waals surface area (Å²) in [4.78, 5) is 16.6. The summed E-state index contributed by atoms with van der Waals surface area (Å²) in [6.07, 6.45) is 0. The molecule has 3 rings (SSSR count). The lowest BCUT2D eigenvalue weighted by atomic mass is 10.2. The molecule has 1 amide bonds. The topological polar surface area (TPSA) is 70.7 Å². The molecule has 0 unspecified atom stereocenters. The minimum Gasteiger partial charge on any atom is -0.325 e. The smallest absolute Gasteiger partial charge is 0.234 e. The van der Waals surface area contributed by atoms with Crippen LogP contribution in [-0.2, 0) is 11.8 Å². The Kier molecular flexibility index (Phi) is 4.31. The van der Waals surface area contributed by atoms with Crippen molar-refractivity contribution >= 4 is 34.4 Å². The van der Waals surface area contributed by atoms with Gasteiger partial charge in [0.05, 0.1) is 28.4 Å². The van der Waals surface area contributed by atoms with Crippen molar-refractivity contribution in [2.75, 3.05) is 11.1 Å². The Balaban J connectivity index is 1.63. The van der Waals surface area contributed by atoms with Crippen LogP contribution in [0.15, 0.2) is 53.7 Å². The van der Waals surface area contributed by atoms with Gasteiger partial charge in [0, 0.05) is 12.7 Å². The van der Waals surface area contributed by atoms with E-state index in [4.69, 9.17) is 5.26 Å². The molecule has 2 aromatic carbocycles. The molecular weight excluding hydrogens is 308 g/mol. The van der Waals surface area contributed by atoms with Crippen molar-refractivity contribution < 1.29 is 4.79 Å². The zero-order valence-electron chi connectivity index (χ0n) is 12.5. The van der Waals surface area contributed by atoms with E-state index in [1.54, 1.807) is 24.3 Å². The van der Waals surface area contributed by atoms with Crippen molar-refractivity contribution in [1.82, 2.24) is 9.55 Å². The Morgan fingerprint density at radius 2 is 2.00 bits per heavy atom. The van der Waals surface area contributed by atoms with Crippen molar-refractivity contribution in [3.05, 3.63) is 54.1 Å². The third kappa shape index (κ3) is 3.35. The van der Waals surface area contributed by atoms with E-state index >= 15 is 0 Å². The summed E-state index contributed by atoms with van der Waals surface area (Å²) < 4.78 is 1.98. The monoisotopic (exact) mass is 322 g/mol. The fourth-order valence-electron chi connectivity index (χ4n) is 2.21. The van der Waals surface area contributed by atoms with Gasteiger partial charge in [-0.2, -0.15) is 5.26 Å². The number of imidazole rings is 1. The molecule has 0 radical (unpaired) electrons. The molecule has 3 aromatic rings. The van der Waals surface area contributed by atoms with Crippen LogP contribution in [0.25, 0.3) is 11.0 Å². The number of anilines is 1. The Bertz CT molecular complexity index is 893. The normalized spacial score (nSPS) is 10.4. The fourth-order valence-corrected chi connectivity index (χ4v) is 3.00. The van der Waals surface area contributed by atoms with Crippen LogP contribution in [0.4, 0.5) is 5.69 Å². The second kappa shape index (κ2) is 6.55. The summed E-state index contributed by atoms with van der Waals surface area (Å²) in [5, 5.41) is 12.4. The number of nitrogens with zero attached hydrogens (tertiary/aromatic N) is 3. The van der Waals surface area contributed by atoms with Crippen LogP contribution in [0.1, 0.15) is 5.56 Å². The number of hydrogen-bond acceptors (Lipinski definition) is 4. The van der Waals surface area contributed by atoms with Gasteiger partial charge >= 0.3 is 0 Å². The number of amides is 1. The second-order valence-corrected chi connectivity index (χ2v) is 5.91. The standard InChI is InChI=1S/C17H14N4OS/c1-21-15-5-3-2-4-14(15)20-17(21)23-11-16(22)19-13-8-6-12(10-18)7-9-13/h2-9H,11H2,1H3,(H,19,22). The summed E-state index contributed by atoms with van der Waals surface area (Å²) >= 11 is 1.40. The number of thioether (sulfide) groups is 1. The minimum atomic E-state index is -0.105. The Morgan fingerprint density at radius 3 is 2.70 bits per heavy atom. The van der Waals surface area contributed by atoms with Gasteiger partial charge in [0.1, 0.15) is 0 Å². The number of benzene rings is 2. The molecule has 0 spiro atoms. The highest BCUT2D eigenvalue weighted by Crippen LogP contribution is 2.22. The highest BCUT2D eigenvalue weighted by molar-refractivity contribution is 7.99. The number of nitrogens with one attached hydrogen (secondary N) is 1. The quantitative estimate of drug-likeness (QED) is 0.749. The van der Waals surface area contributed by atoms with E-state index < -0.39 is 0 Å². The van der Waals surface area contributed by atoms with Crippen molar-refractivity contribution in [3.63, 3.8) is 0 Å². The molecule has 5 nitrogen and oxygen atoms in total. The van der Waals surface area contributed by atoms with E-state index in [9.17, 15) is 4.79 Å². The lowest BCUT2D eigenvalue weighted by Crippen LogP contribution is -2.14. The molecular formula is C17H14N4OS. The molecule has 6 heteroatoms. The highest BCUT2D eigenvalue weighted by Gasteiger charge is 2.10. The van der Waals surface area contributed by atoms with Gasteiger partial charge in [-0.3, -0.25) is 4.79 Å². The summed E-state index contributed by atoms with van der Waals surface area (Å²) in [5.41, 5.74) is 3.21. The molecule has 0 atom stereocenters. The summed E-state index contributed by atoms with van der Waals surface area (Å²) in [5.74, 6) is 0.170. The number of rotatable bonds is 4. The summed E-state index contributed by atoms with van der Waals surface area (Å²) in [7, 11) is 1.94. The molecule has 23 heavy (non-hydrogen) atoms. The first-order chi connectivity index (χ1) is 11.2. The maximum absolute atomic E-state index is 12.0. The van der Waals surface area contributed by atoms with E-state index in [0.717, 1.165) is 16.2 Å². The molecule has 114 valence electrons. The van der Waals surface area contributed by atoms with Crippen molar-refractivity contribution in [2.24, 2.45) is 7.05 Å². The van der Waals surface area contributed by atoms with Crippen LogP contribution < -0.4 is 5.32 Å². The molecule has 0 saturated carbocycles. The number of hydrogen-bond donors (Lipinski definition) is 1. The molecule has 1 N–H and O–H groups in total. The Hall–Kier alpha value is -2.78. The molecule has 0 aliphatic carbocycles. The van der Waals surface area contributed by atoms with Crippen LogP contribution in [0.5, 0.6) is 0 Å². The molecule has 0 bridgehead atoms. The zero-order chi connectivity index (χ0) is 16.2. The first-order valence-corrected chi connectivity index (χ1v) is 8.00. The highest BCUT2D eigenvalue weighted by atomic mass is 32.2. The van der Waals surface area contributed by atoms with Crippen LogP contribution in [0, 0.1) is 11.3 Å². The molecule has 0 aliphatic rings. The fraction of sp³-hybridized carbons (Fsp3) is 0.118. The van der Waals surface area contributed by atoms with Crippen molar-refractivity contribution in [3.8, 4) is 6.07 Å². The Morgan fingerprint density at radius 1 is 1.26 bits per heavy atom. The van der Waals surface area contributed by atoms with Gasteiger partial charge in [-0.1, -0.05) is 23.9 Å². The number of para-hydroxylation sites is 2. The van der Waals surface area contributed by atoms with Crippen LogP contribution in [0.2, 0.25) is 0 Å². The summed E-state index contributed by atoms with van der Waals surface area (Å²) in [6, 6.07) is 16.7.